The van der Waals surface area contributed by atoms with Gasteiger partial charge in [0.2, 0.25) is 0 Å². The number of ether oxygens (including phenoxy) is 1. The van der Waals surface area contributed by atoms with Gasteiger partial charge >= 0.3 is 0 Å². The van der Waals surface area contributed by atoms with Gasteiger partial charge in [-0.15, -0.1) is 0 Å². The molecule has 1 aliphatic rings. The van der Waals surface area contributed by atoms with Gasteiger partial charge in [0.1, 0.15) is 5.54 Å². The minimum Gasteiger partial charge on any atom is -0.479 e. The Bertz CT molecular complexity index is 768. The third-order valence-corrected chi connectivity index (χ3v) is 8.95. The van der Waals surface area contributed by atoms with E-state index in [1.54, 1.807) is 0 Å². The van der Waals surface area contributed by atoms with Gasteiger partial charge in [0.25, 0.3) is 0 Å². The van der Waals surface area contributed by atoms with Crippen LogP contribution in [0.4, 0.5) is 0 Å². The van der Waals surface area contributed by atoms with Crippen LogP contribution in [0.2, 0.25) is 0 Å². The number of fused-ring (bicyclic) bond motifs is 2. The topological polar surface area (TPSA) is 21.6 Å². The Labute approximate surface area is 164 Å². The van der Waals surface area contributed by atoms with Crippen LogP contribution in [-0.2, 0) is 15.6 Å². The lowest BCUT2D eigenvalue weighted by atomic mass is 10.0. The zero-order valence-corrected chi connectivity index (χ0v) is 18.1. The average Bonchev–Trinajstić information content (AvgIpc) is 2.57. The average molecular weight is 387 g/mol. The van der Waals surface area contributed by atoms with Crippen LogP contribution in [0.25, 0.3) is 0 Å². The fraction of sp³-hybridized carbons (Fsp3) is 0.409. The Kier molecular flexibility index (Phi) is 5.73. The largest absolute Gasteiger partial charge is 0.479 e. The Morgan fingerprint density at radius 3 is 1.96 bits per heavy atom. The highest BCUT2D eigenvalue weighted by atomic mass is 32.2. The molecule has 0 saturated carbocycles. The van der Waals surface area contributed by atoms with Crippen LogP contribution in [0.3, 0.4) is 0 Å². The summed E-state index contributed by atoms with van der Waals surface area (Å²) in [5, 5.41) is 0.358. The smallest absolute Gasteiger partial charge is 0.180 e. The van der Waals surface area contributed by atoms with Crippen molar-refractivity contribution < 1.29 is 4.74 Å². The number of benzene rings is 2. The van der Waals surface area contributed by atoms with E-state index in [2.05, 4.69) is 69.3 Å². The van der Waals surface area contributed by atoms with Gasteiger partial charge in [-0.2, -0.15) is 0 Å². The summed E-state index contributed by atoms with van der Waals surface area (Å²) in [5.41, 5.74) is -0.218. The molecule has 0 saturated heterocycles. The maximum atomic E-state index is 5.81. The van der Waals surface area contributed by atoms with E-state index in [9.17, 15) is 0 Å². The van der Waals surface area contributed by atoms with E-state index in [0.717, 1.165) is 5.90 Å². The first-order valence-corrected chi connectivity index (χ1v) is 11.2. The van der Waals surface area contributed by atoms with Gasteiger partial charge < -0.3 is 4.74 Å². The molecule has 2 aromatic carbocycles. The van der Waals surface area contributed by atoms with Crippen molar-refractivity contribution in [2.24, 2.45) is 4.99 Å². The molecule has 0 aromatic heterocycles. The standard InChI is InChI=1S/C22H28NOS2/c1-15(2)24-17(4)23-22(5,6)16(3)26-20-13-9-7-11-18(20)25-19-12-8-10-14-21(19)26/h7-16H,1-6H3/q+1. The monoisotopic (exact) mass is 386 g/mol. The molecule has 26 heavy (non-hydrogen) atoms. The molecule has 1 unspecified atom stereocenters. The minimum atomic E-state index is -0.218. The summed E-state index contributed by atoms with van der Waals surface area (Å²) in [5.74, 6) is 0.772. The lowest BCUT2D eigenvalue weighted by molar-refractivity contribution is 0.222. The highest BCUT2D eigenvalue weighted by Gasteiger charge is 2.47. The molecule has 0 aliphatic carbocycles. The lowest BCUT2D eigenvalue weighted by Crippen LogP contribution is -2.40. The first-order chi connectivity index (χ1) is 12.3. The van der Waals surface area contributed by atoms with Gasteiger partial charge in [-0.05, 0) is 58.9 Å². The Balaban J connectivity index is 2.02. The maximum Gasteiger partial charge on any atom is 0.180 e. The van der Waals surface area contributed by atoms with E-state index in [0.29, 0.717) is 5.25 Å². The van der Waals surface area contributed by atoms with Gasteiger partial charge in [-0.1, -0.05) is 36.0 Å². The van der Waals surface area contributed by atoms with Crippen molar-refractivity contribution in [2.45, 2.75) is 78.0 Å². The van der Waals surface area contributed by atoms with Crippen molar-refractivity contribution in [3.8, 4) is 0 Å². The molecule has 3 rings (SSSR count). The number of rotatable bonds is 4. The third kappa shape index (κ3) is 3.96. The van der Waals surface area contributed by atoms with Gasteiger partial charge in [0, 0.05) is 6.92 Å². The van der Waals surface area contributed by atoms with Gasteiger partial charge in [-0.25, -0.2) is 4.99 Å². The third-order valence-electron chi connectivity index (χ3n) is 4.59. The zero-order chi connectivity index (χ0) is 18.9. The second-order valence-corrected chi connectivity index (χ2v) is 10.8. The molecule has 0 fully saturated rings. The van der Waals surface area contributed by atoms with Crippen LogP contribution < -0.4 is 0 Å². The molecule has 0 N–H and O–H groups in total. The van der Waals surface area contributed by atoms with Crippen LogP contribution in [0.5, 0.6) is 0 Å². The van der Waals surface area contributed by atoms with Crippen molar-refractivity contribution in [3.63, 3.8) is 0 Å². The molecule has 0 spiro atoms. The normalized spacial score (nSPS) is 16.2. The summed E-state index contributed by atoms with van der Waals surface area (Å²) < 4.78 is 5.81. The SMILES string of the molecule is CC(=NC(C)(C)C(C)[S+]1c2ccccc2Sc2ccccc21)OC(C)C. The van der Waals surface area contributed by atoms with Crippen LogP contribution >= 0.6 is 11.8 Å². The molecule has 1 heterocycles. The number of hydrogen-bond donors (Lipinski definition) is 0. The predicted octanol–water partition coefficient (Wildman–Crippen LogP) is 6.20. The van der Waals surface area contributed by atoms with E-state index in [4.69, 9.17) is 9.73 Å². The van der Waals surface area contributed by atoms with Crippen LogP contribution in [0.1, 0.15) is 41.5 Å². The van der Waals surface area contributed by atoms with Gasteiger partial charge in [0.15, 0.2) is 20.9 Å². The summed E-state index contributed by atoms with van der Waals surface area (Å²) in [6, 6.07) is 17.6. The van der Waals surface area contributed by atoms with E-state index in [-0.39, 0.29) is 22.5 Å². The second-order valence-electron chi connectivity index (χ2n) is 7.43. The fourth-order valence-corrected chi connectivity index (χ4v) is 7.51. The Hall–Kier alpha value is -1.39. The molecule has 0 bridgehead atoms. The molecule has 2 nitrogen and oxygen atoms in total. The number of nitrogens with zero attached hydrogens (tertiary/aromatic N) is 1. The quantitative estimate of drug-likeness (QED) is 0.354. The van der Waals surface area contributed by atoms with Crippen molar-refractivity contribution >= 4 is 28.6 Å². The first-order valence-electron chi connectivity index (χ1n) is 9.11. The summed E-state index contributed by atoms with van der Waals surface area (Å²) >= 11 is 1.88. The van der Waals surface area contributed by atoms with Gasteiger partial charge in [0.05, 0.1) is 26.8 Å². The summed E-state index contributed by atoms with van der Waals surface area (Å²) in [4.78, 5) is 10.6. The van der Waals surface area contributed by atoms with E-state index in [1.807, 2.05) is 32.5 Å². The highest BCUT2D eigenvalue weighted by Crippen LogP contribution is 2.48. The molecule has 0 amide bonds. The highest BCUT2D eigenvalue weighted by molar-refractivity contribution is 8.04. The summed E-state index contributed by atoms with van der Waals surface area (Å²) in [6.07, 6.45) is 0.153. The van der Waals surface area contributed by atoms with Crippen molar-refractivity contribution in [1.29, 1.82) is 0 Å². The van der Waals surface area contributed by atoms with Crippen LogP contribution in [-0.4, -0.2) is 22.8 Å². The molecule has 1 atom stereocenters. The van der Waals surface area contributed by atoms with Gasteiger partial charge in [-0.3, -0.25) is 0 Å². The molecule has 0 radical (unpaired) electrons. The summed E-state index contributed by atoms with van der Waals surface area (Å²) in [7, 11) is -0.0213. The predicted molar refractivity (Wildman–Crippen MR) is 114 cm³/mol. The molecular weight excluding hydrogens is 358 g/mol. The molecular formula is C22H28NOS2+. The maximum absolute atomic E-state index is 5.81. The van der Waals surface area contributed by atoms with Crippen LogP contribution in [0, 0.1) is 0 Å². The molecule has 138 valence electrons. The molecule has 4 heteroatoms. The van der Waals surface area contributed by atoms with Crippen LogP contribution in [0.15, 0.2) is 73.1 Å². The Morgan fingerprint density at radius 1 is 0.962 bits per heavy atom. The zero-order valence-electron chi connectivity index (χ0n) is 16.4. The fourth-order valence-electron chi connectivity index (χ4n) is 3.20. The minimum absolute atomic E-state index is 0.0213. The lowest BCUT2D eigenvalue weighted by Gasteiger charge is -2.31. The Morgan fingerprint density at radius 2 is 1.46 bits per heavy atom. The molecule has 1 aliphatic heterocycles. The van der Waals surface area contributed by atoms with E-state index >= 15 is 0 Å². The second kappa shape index (κ2) is 7.69. The number of aliphatic imine (C=N–C) groups is 1. The van der Waals surface area contributed by atoms with E-state index < -0.39 is 0 Å². The van der Waals surface area contributed by atoms with Crippen molar-refractivity contribution in [3.05, 3.63) is 48.5 Å². The molecule has 2 aromatic rings. The first kappa shape index (κ1) is 19.4. The van der Waals surface area contributed by atoms with E-state index in [1.165, 1.54) is 19.6 Å². The van der Waals surface area contributed by atoms with Crippen molar-refractivity contribution in [2.75, 3.05) is 0 Å². The summed E-state index contributed by atoms with van der Waals surface area (Å²) in [6.45, 7) is 12.8. The van der Waals surface area contributed by atoms with Crippen molar-refractivity contribution in [1.82, 2.24) is 0 Å². The number of hydrogen-bond acceptors (Lipinski definition) is 3.